The van der Waals surface area contributed by atoms with Gasteiger partial charge in [0, 0.05) is 190 Å². The second-order valence-electron chi connectivity index (χ2n) is 33.0. The van der Waals surface area contributed by atoms with Crippen molar-refractivity contribution in [3.05, 3.63) is 40.2 Å². The van der Waals surface area contributed by atoms with Crippen molar-refractivity contribution in [2.45, 2.75) is 202 Å². The number of benzene rings is 1. The number of carbonyl (C=O) groups is 2. The number of nitrogens with one attached hydrogen (secondary N) is 3. The summed E-state index contributed by atoms with van der Waals surface area (Å²) in [7, 11) is -13.8. The lowest BCUT2D eigenvalue weighted by Crippen LogP contribution is -2.66. The van der Waals surface area contributed by atoms with Gasteiger partial charge in [-0.05, 0) is 188 Å². The Bertz CT molecular complexity index is 3710. The van der Waals surface area contributed by atoms with Crippen LogP contribution in [-0.2, 0) is 95.0 Å². The Hall–Kier alpha value is -2.74. The summed E-state index contributed by atoms with van der Waals surface area (Å²) >= 11 is 1.42. The maximum absolute atomic E-state index is 11.4. The van der Waals surface area contributed by atoms with Crippen molar-refractivity contribution in [3.63, 3.8) is 0 Å². The molecule has 36 heteroatoms. The van der Waals surface area contributed by atoms with Crippen LogP contribution in [0.1, 0.15) is 154 Å². The summed E-state index contributed by atoms with van der Waals surface area (Å²) in [4.78, 5) is 25.7. The number of hydrogen-bond acceptors (Lipinski definition) is 29. The van der Waals surface area contributed by atoms with E-state index in [0.29, 0.717) is 132 Å². The van der Waals surface area contributed by atoms with Crippen LogP contribution >= 0.6 is 11.3 Å². The first-order valence-electron chi connectivity index (χ1n) is 38.7. The van der Waals surface area contributed by atoms with E-state index in [1.54, 1.807) is 63.6 Å². The van der Waals surface area contributed by atoms with Crippen molar-refractivity contribution >= 4 is 98.8 Å². The van der Waals surface area contributed by atoms with Crippen molar-refractivity contribution in [2.24, 2.45) is 84.6 Å². The lowest BCUT2D eigenvalue weighted by molar-refractivity contribution is -0.145. The summed E-state index contributed by atoms with van der Waals surface area (Å²) in [6.07, 6.45) is 20.4. The monoisotopic (exact) mass is 1690 g/mol. The average Bonchev–Trinajstić information content (AvgIpc) is 1.24. The summed E-state index contributed by atoms with van der Waals surface area (Å²) in [5, 5.41) is 29.8. The molecule has 1 aromatic carbocycles. The highest BCUT2D eigenvalue weighted by atomic mass is 32.2. The van der Waals surface area contributed by atoms with E-state index in [2.05, 4.69) is 38.5 Å². The molecule has 0 radical (unpaired) electrons. The third-order valence-corrected chi connectivity index (χ3v) is 33.8. The van der Waals surface area contributed by atoms with Crippen molar-refractivity contribution in [2.75, 3.05) is 150 Å². The zero-order chi connectivity index (χ0) is 82.5. The Morgan fingerprint density at radius 1 is 0.627 bits per heavy atom. The molecule has 13 aliphatic rings. The number of hydrogen-bond donors (Lipinski definition) is 14. The molecule has 15 rings (SSSR count). The van der Waals surface area contributed by atoms with Gasteiger partial charge in [0.2, 0.25) is 0 Å². The highest BCUT2D eigenvalue weighted by molar-refractivity contribution is 8.02. The van der Waals surface area contributed by atoms with Gasteiger partial charge in [0.25, 0.3) is 0 Å². The number of ketones is 1. The molecule has 10 aliphatic heterocycles. The number of Topliss-reactive ketones (excluding diaryl/α,β-unsaturated/α-hetero) is 1. The molecule has 640 valence electrons. The van der Waals surface area contributed by atoms with E-state index in [0.717, 1.165) is 100 Å². The number of thiazole rings is 1. The fourth-order valence-corrected chi connectivity index (χ4v) is 23.6. The van der Waals surface area contributed by atoms with E-state index in [1.807, 2.05) is 0 Å². The molecule has 1 aromatic heterocycles. The molecule has 29 nitrogen and oxygen atoms in total. The molecule has 0 amide bonds. The molecule has 3 saturated carbocycles. The molecule has 0 bridgehead atoms. The second kappa shape index (κ2) is 45.3. The van der Waals surface area contributed by atoms with E-state index in [1.165, 1.54) is 88.6 Å². The number of ether oxygens (including phenoxy) is 3. The van der Waals surface area contributed by atoms with Gasteiger partial charge in [0.05, 0.1) is 45.2 Å². The first kappa shape index (κ1) is 99.6. The highest BCUT2D eigenvalue weighted by Gasteiger charge is 2.52. The molecule has 2 aromatic rings. The molecule has 110 heavy (non-hydrogen) atoms. The number of sulfone groups is 3. The number of nitrogens with two attached hydrogens (primary N) is 9. The number of carboxylic acid groups (broad SMARTS) is 1. The molecular formula is C74H141N13O16S7. The maximum Gasteiger partial charge on any atom is 0.306 e. The Morgan fingerprint density at radius 3 is 1.29 bits per heavy atom. The molecule has 2 unspecified atom stereocenters. The zero-order valence-electron chi connectivity index (χ0n) is 66.5. The Balaban J connectivity index is 0.000000254. The third kappa shape index (κ3) is 36.0. The van der Waals surface area contributed by atoms with Gasteiger partial charge in [-0.15, -0.1) is 11.3 Å². The van der Waals surface area contributed by atoms with Crippen LogP contribution in [0.3, 0.4) is 0 Å². The summed E-state index contributed by atoms with van der Waals surface area (Å²) < 4.78 is 115. The van der Waals surface area contributed by atoms with Gasteiger partial charge in [-0.1, -0.05) is 38.3 Å². The molecular weight excluding hydrogens is 1550 g/mol. The number of aliphatic carboxylic acids is 1. The normalized spacial score (nSPS) is 27.7. The van der Waals surface area contributed by atoms with Gasteiger partial charge in [-0.3, -0.25) is 22.2 Å². The zero-order valence-corrected chi connectivity index (χ0v) is 72.2. The van der Waals surface area contributed by atoms with Crippen LogP contribution in [0.5, 0.6) is 0 Å². The molecule has 3 aliphatic carbocycles. The Kier molecular flexibility index (Phi) is 41.0. The number of rotatable bonds is 9. The van der Waals surface area contributed by atoms with Gasteiger partial charge in [-0.2, -0.15) is 0 Å². The van der Waals surface area contributed by atoms with Crippen LogP contribution in [0.25, 0.3) is 0 Å². The van der Waals surface area contributed by atoms with E-state index in [9.17, 15) is 47.5 Å². The van der Waals surface area contributed by atoms with Gasteiger partial charge in [0.1, 0.15) is 35.5 Å². The minimum atomic E-state index is -3.06. The summed E-state index contributed by atoms with van der Waals surface area (Å²) in [6, 6.07) is 8.15. The van der Waals surface area contributed by atoms with Crippen molar-refractivity contribution in [1.82, 2.24) is 20.9 Å². The SMILES string of the molecule is C1CC2(CCO1)CNC2.C=S(C)(=O)c1csc(CN)n1.C=S1(=O)CC(N)C1.C=S1(=O)CC2(CNC2)C1.CC(=O)C1(CN)CCOCC1.CC(C)(O)CN.CCS(=O)(=O)c1ccc(CN)cc1.NC1CC(C(=O)O)C1.NC1CC12CCOCC2.NC1CCCCC1.NC1CCS(=O)(=O)CC1.O=S1(=O)CCC2(CC1)CNC2. The van der Waals surface area contributed by atoms with E-state index >= 15 is 0 Å². The Morgan fingerprint density at radius 2 is 1.05 bits per heavy atom. The number of aliphatic hydroxyl groups is 1. The molecule has 11 heterocycles. The molecule has 10 saturated heterocycles. The first-order valence-corrected chi connectivity index (χ1v) is 51.2. The fraction of sp³-hybridized carbons (Fsp3) is 0.811. The molecule has 4 spiro atoms. The number of nitrogens with zero attached hydrogens (tertiary/aromatic N) is 1. The van der Waals surface area contributed by atoms with E-state index in [-0.39, 0.29) is 52.5 Å². The summed E-state index contributed by atoms with van der Waals surface area (Å²) in [5.74, 6) is 14.5. The summed E-state index contributed by atoms with van der Waals surface area (Å²) in [5.41, 5.74) is 50.9. The van der Waals surface area contributed by atoms with Crippen LogP contribution in [0, 0.1) is 33.0 Å². The van der Waals surface area contributed by atoms with Crippen LogP contribution in [0.4, 0.5) is 0 Å². The van der Waals surface area contributed by atoms with Gasteiger partial charge < -0.3 is 92.0 Å². The first-order chi connectivity index (χ1) is 51.2. The van der Waals surface area contributed by atoms with Crippen molar-refractivity contribution in [1.29, 1.82) is 0 Å². The van der Waals surface area contributed by atoms with Crippen LogP contribution in [-0.4, -0.2) is 268 Å². The Labute approximate surface area is 664 Å². The topological polar surface area (TPSA) is 539 Å². The van der Waals surface area contributed by atoms with Crippen molar-refractivity contribution < 1.29 is 71.9 Å². The minimum Gasteiger partial charge on any atom is -0.481 e. The maximum atomic E-state index is 11.4. The number of carboxylic acids is 1. The van der Waals surface area contributed by atoms with Gasteiger partial charge in [0.15, 0.2) is 9.84 Å². The van der Waals surface area contributed by atoms with Crippen molar-refractivity contribution in [3.8, 4) is 0 Å². The highest BCUT2D eigenvalue weighted by Crippen LogP contribution is 2.52. The second-order valence-corrected chi connectivity index (χ2v) is 48.4. The predicted molar refractivity (Wildman–Crippen MR) is 451 cm³/mol. The lowest BCUT2D eigenvalue weighted by Gasteiger charge is -2.51. The van der Waals surface area contributed by atoms with Crippen LogP contribution in [0.2, 0.25) is 0 Å². The molecule has 23 N–H and O–H groups in total. The lowest BCUT2D eigenvalue weighted by atomic mass is 9.75. The van der Waals surface area contributed by atoms with Crippen LogP contribution in [0.15, 0.2) is 39.6 Å². The quantitative estimate of drug-likeness (QED) is 0.155. The molecule has 2 atom stereocenters. The standard InChI is InChI=1S/C9H13NO2S.C8H15NO2.C7H13NO2S.2C7H13NO.C6H10N2OS2.C6H11NOS.C6H13N.C5H11NO2S.C5H9NO2.C4H9NOS.C4H11NO/c1-2-13(11,12)9-5-3-8(7-10)4-6-9;1-7(10)8(6-9)2-4-11-5-3-8;9-11(10)3-1-7(2-4-11)5-8-6-7;1-3-9-4-2-7(1)5-8-6-7;8-6-5-7(6)1-3-9-4-2-7;1-11(2,9)6-4-10-5(3-7)8-6;1-9(8)4-6(5-9)2-7-3-6;7-6-4-2-1-3-5-6;6-5-1-3-9(7,8)4-2-5;6-4-1-3(2-4)5(7)8;1-7(6)2-4(5)3-7;1-4(2,6)3-5/h3-6H,2,7,10H2,1H3;2-6,9H2,1H3;8H,1-6H2;8H,1-6H2;6H,1-5,8H2;4H,1,3,7H2,2H3;7H,1-5H2;6H,1-5,7H2;5H,1-4,6H2;3-4H,1-2,6H2,(H,7,8);4H,1-3,5H2;6H,3,5H2,1-2H3. The van der Waals surface area contributed by atoms with Gasteiger partial charge in [-0.25, -0.2) is 30.2 Å². The van der Waals surface area contributed by atoms with Gasteiger partial charge >= 0.3 is 5.97 Å². The van der Waals surface area contributed by atoms with Crippen LogP contribution < -0.4 is 67.6 Å². The molecule has 13 fully saturated rings. The number of carbonyl (C=O) groups excluding carboxylic acids is 1. The van der Waals surface area contributed by atoms with E-state index in [4.69, 9.17) is 76.0 Å². The third-order valence-electron chi connectivity index (χ3n) is 22.3. The minimum absolute atomic E-state index is 0.119. The van der Waals surface area contributed by atoms with E-state index < -0.39 is 69.6 Å². The number of aromatic nitrogens is 1. The predicted octanol–water partition coefficient (Wildman–Crippen LogP) is 0.936. The largest absolute Gasteiger partial charge is 0.481 e. The summed E-state index contributed by atoms with van der Waals surface area (Å²) in [6.45, 7) is 20.1. The fourth-order valence-electron chi connectivity index (χ4n) is 13.6. The smallest absolute Gasteiger partial charge is 0.306 e. The average molecular weight is 1690 g/mol.